The maximum Gasteiger partial charge on any atom is 0.0652 e. The Bertz CT molecular complexity index is 328. The van der Waals surface area contributed by atoms with E-state index in [1.54, 1.807) is 0 Å². The molecule has 4 heteroatoms. The minimum atomic E-state index is 0.262. The summed E-state index contributed by atoms with van der Waals surface area (Å²) in [6.07, 6.45) is 5.56. The first-order valence-corrected chi connectivity index (χ1v) is 8.23. The van der Waals surface area contributed by atoms with Crippen molar-refractivity contribution in [3.63, 3.8) is 0 Å². The lowest BCUT2D eigenvalue weighted by atomic mass is 9.64. The van der Waals surface area contributed by atoms with E-state index in [1.165, 1.54) is 19.3 Å². The van der Waals surface area contributed by atoms with Gasteiger partial charge in [-0.05, 0) is 25.2 Å². The van der Waals surface area contributed by atoms with Gasteiger partial charge in [-0.1, -0.05) is 20.3 Å². The van der Waals surface area contributed by atoms with E-state index in [4.69, 9.17) is 9.47 Å². The highest BCUT2D eigenvalue weighted by Gasteiger charge is 2.50. The number of morpholine rings is 1. The standard InChI is InChI=1S/C16H30N2O2/c1-16(2)14(9-15(16)19-3)18-12-6-4-5-11(12)13-10-20-8-7-17-13/h11-15,17-18H,4-10H2,1-3H3. The summed E-state index contributed by atoms with van der Waals surface area (Å²) in [5, 5.41) is 7.59. The largest absolute Gasteiger partial charge is 0.381 e. The topological polar surface area (TPSA) is 42.5 Å². The van der Waals surface area contributed by atoms with Crippen LogP contribution in [0, 0.1) is 11.3 Å². The molecule has 2 saturated carbocycles. The third kappa shape index (κ3) is 2.63. The first-order chi connectivity index (χ1) is 9.63. The fourth-order valence-corrected chi connectivity index (χ4v) is 4.36. The van der Waals surface area contributed by atoms with Gasteiger partial charge in [-0.3, -0.25) is 0 Å². The Labute approximate surface area is 123 Å². The first-order valence-electron chi connectivity index (χ1n) is 8.23. The van der Waals surface area contributed by atoms with Crippen LogP contribution >= 0.6 is 0 Å². The van der Waals surface area contributed by atoms with Crippen molar-refractivity contribution < 1.29 is 9.47 Å². The van der Waals surface area contributed by atoms with Crippen LogP contribution in [0.4, 0.5) is 0 Å². The molecular formula is C16H30N2O2. The molecule has 2 aliphatic carbocycles. The molecule has 3 rings (SSSR count). The SMILES string of the molecule is COC1CC(NC2CCCC2C2COCCN2)C1(C)C. The highest BCUT2D eigenvalue weighted by molar-refractivity contribution is 5.05. The predicted molar refractivity (Wildman–Crippen MR) is 79.9 cm³/mol. The van der Waals surface area contributed by atoms with Crippen molar-refractivity contribution in [1.82, 2.24) is 10.6 Å². The molecule has 3 fully saturated rings. The lowest BCUT2D eigenvalue weighted by molar-refractivity contribution is -0.102. The molecule has 0 aromatic rings. The van der Waals surface area contributed by atoms with Crippen molar-refractivity contribution in [2.24, 2.45) is 11.3 Å². The quantitative estimate of drug-likeness (QED) is 0.821. The third-order valence-corrected chi connectivity index (χ3v) is 5.91. The molecule has 2 N–H and O–H groups in total. The molecule has 1 aliphatic heterocycles. The Kier molecular flexibility index (Phi) is 4.37. The molecule has 20 heavy (non-hydrogen) atoms. The maximum absolute atomic E-state index is 5.65. The number of hydrogen-bond donors (Lipinski definition) is 2. The van der Waals surface area contributed by atoms with Gasteiger partial charge in [0.05, 0.1) is 19.3 Å². The van der Waals surface area contributed by atoms with E-state index in [-0.39, 0.29) is 5.41 Å². The number of nitrogens with one attached hydrogen (secondary N) is 2. The summed E-state index contributed by atoms with van der Waals surface area (Å²) in [6.45, 7) is 7.42. The number of rotatable bonds is 4. The minimum absolute atomic E-state index is 0.262. The molecule has 3 aliphatic rings. The summed E-state index contributed by atoms with van der Waals surface area (Å²) in [5.41, 5.74) is 0.262. The number of methoxy groups -OCH3 is 1. The van der Waals surface area contributed by atoms with E-state index >= 15 is 0 Å². The zero-order chi connectivity index (χ0) is 14.2. The van der Waals surface area contributed by atoms with E-state index in [1.807, 2.05) is 7.11 Å². The maximum atomic E-state index is 5.65. The molecule has 5 atom stereocenters. The van der Waals surface area contributed by atoms with Crippen molar-refractivity contribution in [3.8, 4) is 0 Å². The van der Waals surface area contributed by atoms with Crippen LogP contribution in [0.5, 0.6) is 0 Å². The average Bonchev–Trinajstić information content (AvgIpc) is 2.92. The lowest BCUT2D eigenvalue weighted by Gasteiger charge is -2.53. The Morgan fingerprint density at radius 1 is 1.30 bits per heavy atom. The van der Waals surface area contributed by atoms with Crippen molar-refractivity contribution >= 4 is 0 Å². The van der Waals surface area contributed by atoms with E-state index < -0.39 is 0 Å². The van der Waals surface area contributed by atoms with Crippen LogP contribution in [0.15, 0.2) is 0 Å². The van der Waals surface area contributed by atoms with E-state index in [2.05, 4.69) is 24.5 Å². The lowest BCUT2D eigenvalue weighted by Crippen LogP contribution is -2.64. The van der Waals surface area contributed by atoms with E-state index in [0.29, 0.717) is 24.2 Å². The Morgan fingerprint density at radius 2 is 2.15 bits per heavy atom. The first kappa shape index (κ1) is 14.8. The number of hydrogen-bond acceptors (Lipinski definition) is 4. The Hall–Kier alpha value is -0.160. The molecule has 0 amide bonds. The number of ether oxygens (including phenoxy) is 2. The van der Waals surface area contributed by atoms with Gasteiger partial charge in [0.2, 0.25) is 0 Å². The van der Waals surface area contributed by atoms with Gasteiger partial charge in [-0.25, -0.2) is 0 Å². The fraction of sp³-hybridized carbons (Fsp3) is 1.00. The molecule has 0 aromatic heterocycles. The summed E-state index contributed by atoms with van der Waals surface area (Å²) >= 11 is 0. The summed E-state index contributed by atoms with van der Waals surface area (Å²) in [4.78, 5) is 0. The second-order valence-corrected chi connectivity index (χ2v) is 7.34. The fourth-order valence-electron chi connectivity index (χ4n) is 4.36. The van der Waals surface area contributed by atoms with Crippen LogP contribution in [0.25, 0.3) is 0 Å². The van der Waals surface area contributed by atoms with Crippen molar-refractivity contribution in [1.29, 1.82) is 0 Å². The smallest absolute Gasteiger partial charge is 0.0652 e. The van der Waals surface area contributed by atoms with E-state index in [9.17, 15) is 0 Å². The van der Waals surface area contributed by atoms with Crippen molar-refractivity contribution in [2.45, 2.75) is 63.8 Å². The Morgan fingerprint density at radius 3 is 2.80 bits per heavy atom. The molecule has 1 heterocycles. The molecule has 5 unspecified atom stereocenters. The molecule has 0 radical (unpaired) electrons. The van der Waals surface area contributed by atoms with Gasteiger partial charge < -0.3 is 20.1 Å². The highest BCUT2D eigenvalue weighted by atomic mass is 16.5. The zero-order valence-electron chi connectivity index (χ0n) is 13.2. The van der Waals surface area contributed by atoms with Gasteiger partial charge in [0.25, 0.3) is 0 Å². The molecular weight excluding hydrogens is 252 g/mol. The summed E-state index contributed by atoms with van der Waals surface area (Å²) in [7, 11) is 1.84. The van der Waals surface area contributed by atoms with Crippen LogP contribution in [-0.4, -0.2) is 51.1 Å². The minimum Gasteiger partial charge on any atom is -0.381 e. The van der Waals surface area contributed by atoms with E-state index in [0.717, 1.165) is 32.1 Å². The van der Waals surface area contributed by atoms with Gasteiger partial charge in [0.1, 0.15) is 0 Å². The van der Waals surface area contributed by atoms with Crippen LogP contribution in [0.3, 0.4) is 0 Å². The van der Waals surface area contributed by atoms with Crippen molar-refractivity contribution in [2.75, 3.05) is 26.9 Å². The van der Waals surface area contributed by atoms with Crippen LogP contribution in [0.1, 0.15) is 39.5 Å². The summed E-state index contributed by atoms with van der Waals surface area (Å²) in [5.74, 6) is 0.729. The molecule has 116 valence electrons. The molecule has 1 saturated heterocycles. The van der Waals surface area contributed by atoms with Crippen LogP contribution in [0.2, 0.25) is 0 Å². The van der Waals surface area contributed by atoms with Crippen molar-refractivity contribution in [3.05, 3.63) is 0 Å². The average molecular weight is 282 g/mol. The van der Waals surface area contributed by atoms with Gasteiger partial charge in [0.15, 0.2) is 0 Å². The molecule has 0 spiro atoms. The van der Waals surface area contributed by atoms with Gasteiger partial charge in [0, 0.05) is 37.2 Å². The summed E-state index contributed by atoms with van der Waals surface area (Å²) in [6, 6.07) is 1.80. The molecule has 0 aromatic carbocycles. The Balaban J connectivity index is 1.56. The highest BCUT2D eigenvalue weighted by Crippen LogP contribution is 2.44. The molecule has 4 nitrogen and oxygen atoms in total. The monoisotopic (exact) mass is 282 g/mol. The van der Waals surface area contributed by atoms with Crippen LogP contribution < -0.4 is 10.6 Å². The second kappa shape index (κ2) is 5.91. The third-order valence-electron chi connectivity index (χ3n) is 5.91. The normalized spacial score (nSPS) is 44.2. The van der Waals surface area contributed by atoms with Crippen LogP contribution in [-0.2, 0) is 9.47 Å². The van der Waals surface area contributed by atoms with Gasteiger partial charge >= 0.3 is 0 Å². The molecule has 0 bridgehead atoms. The predicted octanol–water partition coefficient (Wildman–Crippen LogP) is 1.55. The zero-order valence-corrected chi connectivity index (χ0v) is 13.2. The summed E-state index contributed by atoms with van der Waals surface area (Å²) < 4.78 is 11.2. The van der Waals surface area contributed by atoms with Gasteiger partial charge in [-0.15, -0.1) is 0 Å². The second-order valence-electron chi connectivity index (χ2n) is 7.34. The van der Waals surface area contributed by atoms with Gasteiger partial charge in [-0.2, -0.15) is 0 Å².